The SMILES string of the molecule is COC(=O)c1ccc([S-])[n+]([O-])c1.[Na+]. The van der Waals surface area contributed by atoms with Crippen molar-refractivity contribution in [1.29, 1.82) is 0 Å². The van der Waals surface area contributed by atoms with Gasteiger partial charge in [-0.15, -0.1) is 0 Å². The van der Waals surface area contributed by atoms with Crippen LogP contribution in [0, 0.1) is 5.21 Å². The van der Waals surface area contributed by atoms with Crippen molar-refractivity contribution >= 4 is 18.6 Å². The van der Waals surface area contributed by atoms with Gasteiger partial charge in [0.25, 0.3) is 0 Å². The topological polar surface area (TPSA) is 53.2 Å². The van der Waals surface area contributed by atoms with E-state index in [-0.39, 0.29) is 40.1 Å². The molecule has 13 heavy (non-hydrogen) atoms. The number of carbonyl (C=O) groups is 1. The zero-order valence-electron chi connectivity index (χ0n) is 7.31. The number of esters is 1. The fourth-order valence-electron chi connectivity index (χ4n) is 0.706. The summed E-state index contributed by atoms with van der Waals surface area (Å²) >= 11 is 4.63. The van der Waals surface area contributed by atoms with Crippen LogP contribution in [0.1, 0.15) is 10.4 Å². The Kier molecular flexibility index (Phi) is 5.24. The van der Waals surface area contributed by atoms with Gasteiger partial charge in [0.2, 0.25) is 0 Å². The molecule has 0 spiro atoms. The number of hydrogen-bond acceptors (Lipinski definition) is 4. The molecule has 4 nitrogen and oxygen atoms in total. The second-order valence-corrected chi connectivity index (χ2v) is 2.49. The van der Waals surface area contributed by atoms with Crippen LogP contribution < -0.4 is 34.3 Å². The van der Waals surface area contributed by atoms with E-state index in [2.05, 4.69) is 17.4 Å². The molecule has 0 fully saturated rings. The maximum Gasteiger partial charge on any atom is 1.00 e. The normalized spacial score (nSPS) is 8.69. The average molecular weight is 207 g/mol. The molecule has 0 aliphatic rings. The van der Waals surface area contributed by atoms with Gasteiger partial charge in [-0.1, -0.05) is 0 Å². The van der Waals surface area contributed by atoms with Crippen LogP contribution in [0.25, 0.3) is 0 Å². The molecule has 1 aromatic heterocycles. The Balaban J connectivity index is 0.00000144. The summed E-state index contributed by atoms with van der Waals surface area (Å²) in [5.41, 5.74) is 0.195. The smallest absolute Gasteiger partial charge is 0.709 e. The van der Waals surface area contributed by atoms with E-state index in [0.29, 0.717) is 4.73 Å². The number of carbonyl (C=O) groups excluding carboxylic acids is 1. The molecule has 6 heteroatoms. The molecule has 0 aliphatic heterocycles. The summed E-state index contributed by atoms with van der Waals surface area (Å²) in [5.74, 6) is -0.547. The Morgan fingerprint density at radius 2 is 2.23 bits per heavy atom. The summed E-state index contributed by atoms with van der Waals surface area (Å²) in [6.07, 6.45) is 1.09. The van der Waals surface area contributed by atoms with Crippen LogP contribution in [0.5, 0.6) is 0 Å². The minimum absolute atomic E-state index is 0. The van der Waals surface area contributed by atoms with E-state index in [1.807, 2.05) is 0 Å². The van der Waals surface area contributed by atoms with Crippen molar-refractivity contribution in [1.82, 2.24) is 0 Å². The minimum Gasteiger partial charge on any atom is -0.709 e. The number of rotatable bonds is 1. The van der Waals surface area contributed by atoms with Crippen LogP contribution in [0.2, 0.25) is 0 Å². The second kappa shape index (κ2) is 5.39. The van der Waals surface area contributed by atoms with Gasteiger partial charge in [-0.05, 0) is 12.1 Å². The first-order chi connectivity index (χ1) is 5.65. The molecule has 1 aromatic rings. The number of pyridine rings is 1. The molecule has 1 rings (SSSR count). The van der Waals surface area contributed by atoms with E-state index in [1.54, 1.807) is 0 Å². The van der Waals surface area contributed by atoms with E-state index >= 15 is 0 Å². The van der Waals surface area contributed by atoms with Gasteiger partial charge in [0.1, 0.15) is 5.56 Å². The molecule has 0 aromatic carbocycles. The average Bonchev–Trinajstić information content (AvgIpc) is 2.08. The van der Waals surface area contributed by atoms with Crippen molar-refractivity contribution in [2.24, 2.45) is 0 Å². The number of nitrogens with zero attached hydrogens (tertiary/aromatic N) is 1. The quantitative estimate of drug-likeness (QED) is 0.162. The molecule has 0 saturated carbocycles. The second-order valence-electron chi connectivity index (χ2n) is 2.07. The molecule has 1 heterocycles. The number of aromatic nitrogens is 1. The molecular weight excluding hydrogens is 201 g/mol. The molecule has 0 aliphatic carbocycles. The van der Waals surface area contributed by atoms with Crippen molar-refractivity contribution in [3.05, 3.63) is 29.1 Å². The predicted octanol–water partition coefficient (Wildman–Crippen LogP) is -2.98. The predicted molar refractivity (Wildman–Crippen MR) is 42.4 cm³/mol. The first-order valence-corrected chi connectivity index (χ1v) is 3.54. The molecule has 0 saturated heterocycles. The summed E-state index contributed by atoms with van der Waals surface area (Å²) in [6.45, 7) is 0. The van der Waals surface area contributed by atoms with E-state index in [1.165, 1.54) is 19.2 Å². The summed E-state index contributed by atoms with van der Waals surface area (Å²) < 4.78 is 4.85. The van der Waals surface area contributed by atoms with Crippen LogP contribution in [0.4, 0.5) is 0 Å². The van der Waals surface area contributed by atoms with Crippen molar-refractivity contribution < 1.29 is 43.8 Å². The maximum absolute atomic E-state index is 10.9. The molecular formula is C7H6NNaO3S. The number of methoxy groups -OCH3 is 1. The van der Waals surface area contributed by atoms with Crippen LogP contribution in [0.15, 0.2) is 23.4 Å². The molecule has 0 radical (unpaired) electrons. The fraction of sp³-hybridized carbons (Fsp3) is 0.143. The zero-order valence-corrected chi connectivity index (χ0v) is 10.1. The van der Waals surface area contributed by atoms with E-state index < -0.39 is 5.97 Å². The zero-order chi connectivity index (χ0) is 9.14. The third-order valence-corrected chi connectivity index (χ3v) is 1.62. The maximum atomic E-state index is 10.9. The van der Waals surface area contributed by atoms with Crippen LogP contribution >= 0.6 is 0 Å². The molecule has 0 N–H and O–H groups in total. The summed E-state index contributed by atoms with van der Waals surface area (Å²) in [6, 6.07) is 2.83. The van der Waals surface area contributed by atoms with Gasteiger partial charge in [-0.2, -0.15) is 4.73 Å². The van der Waals surface area contributed by atoms with Gasteiger partial charge in [-0.25, -0.2) is 4.79 Å². The van der Waals surface area contributed by atoms with Crippen LogP contribution in [0.3, 0.4) is 0 Å². The van der Waals surface area contributed by atoms with Gasteiger partial charge < -0.3 is 22.6 Å². The molecule has 0 bridgehead atoms. The van der Waals surface area contributed by atoms with Gasteiger partial charge in [0, 0.05) is 0 Å². The van der Waals surface area contributed by atoms with Crippen molar-refractivity contribution in [2.45, 2.75) is 5.03 Å². The molecule has 0 amide bonds. The first kappa shape index (κ1) is 12.6. The standard InChI is InChI=1S/C7H7NO3S.Na/c1-11-7(9)5-2-3-6(12)8(10)4-5;/h2-4,12H,1H3;/q;+1/p-1. The van der Waals surface area contributed by atoms with Gasteiger partial charge in [-0.3, -0.25) is 0 Å². The Bertz CT molecular complexity index is 319. The monoisotopic (exact) mass is 207 g/mol. The Labute approximate surface area is 103 Å². The van der Waals surface area contributed by atoms with Crippen LogP contribution in [-0.4, -0.2) is 13.1 Å². The van der Waals surface area contributed by atoms with Gasteiger partial charge >= 0.3 is 35.5 Å². The minimum atomic E-state index is -0.547. The third-order valence-electron chi connectivity index (χ3n) is 1.30. The van der Waals surface area contributed by atoms with Crippen LogP contribution in [-0.2, 0) is 17.4 Å². The van der Waals surface area contributed by atoms with E-state index in [9.17, 15) is 10.0 Å². The Hall–Kier alpha value is -0.360. The van der Waals surface area contributed by atoms with Gasteiger partial charge in [0.05, 0.1) is 12.1 Å². The molecule has 0 unspecified atom stereocenters. The summed E-state index contributed by atoms with van der Waals surface area (Å²) in [5, 5.41) is 11.0. The third kappa shape index (κ3) is 3.11. The first-order valence-electron chi connectivity index (χ1n) is 3.13. The van der Waals surface area contributed by atoms with E-state index in [4.69, 9.17) is 0 Å². The summed E-state index contributed by atoms with van der Waals surface area (Å²) in [4.78, 5) is 10.9. The molecule has 64 valence electrons. The summed E-state index contributed by atoms with van der Waals surface area (Å²) in [7, 11) is 1.25. The van der Waals surface area contributed by atoms with E-state index in [0.717, 1.165) is 6.20 Å². The Morgan fingerprint density at radius 1 is 1.62 bits per heavy atom. The Morgan fingerprint density at radius 3 is 2.69 bits per heavy atom. The van der Waals surface area contributed by atoms with Crippen molar-refractivity contribution in [3.63, 3.8) is 0 Å². The number of hydrogen-bond donors (Lipinski definition) is 0. The fourth-order valence-corrected chi connectivity index (χ4v) is 0.827. The number of ether oxygens (including phenoxy) is 1. The van der Waals surface area contributed by atoms with Crippen molar-refractivity contribution in [3.8, 4) is 0 Å². The van der Waals surface area contributed by atoms with Gasteiger partial charge in [0.15, 0.2) is 6.20 Å². The largest absolute Gasteiger partial charge is 1.00 e. The molecule has 0 atom stereocenters. The van der Waals surface area contributed by atoms with Crippen molar-refractivity contribution in [2.75, 3.05) is 7.11 Å².